The maximum Gasteiger partial charge on any atom is 0.333 e. The predicted molar refractivity (Wildman–Crippen MR) is 121 cm³/mol. The van der Waals surface area contributed by atoms with E-state index in [9.17, 15) is 18.8 Å². The summed E-state index contributed by atoms with van der Waals surface area (Å²) in [6, 6.07) is 12.1. The molecule has 1 amide bonds. The summed E-state index contributed by atoms with van der Waals surface area (Å²) in [5.41, 5.74) is 0.338. The van der Waals surface area contributed by atoms with Crippen molar-refractivity contribution in [1.29, 1.82) is 0 Å². The fourth-order valence-corrected chi connectivity index (χ4v) is 4.01. The van der Waals surface area contributed by atoms with Crippen LogP contribution >= 0.6 is 0 Å². The number of anilines is 1. The van der Waals surface area contributed by atoms with Crippen molar-refractivity contribution in [3.63, 3.8) is 0 Å². The van der Waals surface area contributed by atoms with E-state index in [-0.39, 0.29) is 11.3 Å². The van der Waals surface area contributed by atoms with Crippen molar-refractivity contribution in [2.45, 2.75) is 25.8 Å². The summed E-state index contributed by atoms with van der Waals surface area (Å²) in [6.07, 6.45) is 6.17. The number of imidazole rings is 1. The Kier molecular flexibility index (Phi) is 5.21. The molecular weight excluding hydrogens is 425 g/mol. The smallest absolute Gasteiger partial charge is 0.333 e. The monoisotopic (exact) mass is 445 g/mol. The summed E-state index contributed by atoms with van der Waals surface area (Å²) in [6.45, 7) is 0.914. The molecule has 3 heterocycles. The number of aromatic amines is 1. The lowest BCUT2D eigenvalue weighted by Gasteiger charge is -2.11. The number of halogens is 1. The molecular formula is C24H20FN5O3. The van der Waals surface area contributed by atoms with Gasteiger partial charge in [0, 0.05) is 30.9 Å². The highest BCUT2D eigenvalue weighted by Gasteiger charge is 2.19. The molecule has 0 unspecified atom stereocenters. The van der Waals surface area contributed by atoms with E-state index in [4.69, 9.17) is 4.98 Å². The van der Waals surface area contributed by atoms with E-state index in [1.54, 1.807) is 12.1 Å². The van der Waals surface area contributed by atoms with Gasteiger partial charge in [-0.1, -0.05) is 18.2 Å². The molecule has 166 valence electrons. The molecule has 9 heteroatoms. The molecule has 0 radical (unpaired) electrons. The fraction of sp³-hybridized carbons (Fsp3) is 0.167. The average molecular weight is 445 g/mol. The number of amides is 1. The summed E-state index contributed by atoms with van der Waals surface area (Å²) < 4.78 is 16.2. The zero-order chi connectivity index (χ0) is 22.9. The van der Waals surface area contributed by atoms with Crippen molar-refractivity contribution in [2.24, 2.45) is 0 Å². The maximum atomic E-state index is 13.3. The van der Waals surface area contributed by atoms with E-state index in [1.165, 1.54) is 12.1 Å². The van der Waals surface area contributed by atoms with Crippen LogP contribution in [0.4, 0.5) is 10.1 Å². The fourth-order valence-electron chi connectivity index (χ4n) is 4.01. The molecule has 0 spiro atoms. The Morgan fingerprint density at radius 1 is 1.06 bits per heavy atom. The summed E-state index contributed by atoms with van der Waals surface area (Å²) in [5, 5.41) is 2.77. The second-order valence-electron chi connectivity index (χ2n) is 7.82. The Morgan fingerprint density at radius 3 is 2.64 bits per heavy atom. The van der Waals surface area contributed by atoms with E-state index < -0.39 is 23.0 Å². The number of rotatable bonds is 4. The first-order valence-corrected chi connectivity index (χ1v) is 10.6. The molecule has 0 aliphatic carbocycles. The van der Waals surface area contributed by atoms with E-state index in [0.717, 1.165) is 65.8 Å². The molecule has 1 aliphatic heterocycles. The van der Waals surface area contributed by atoms with Gasteiger partial charge < -0.3 is 14.9 Å². The summed E-state index contributed by atoms with van der Waals surface area (Å²) >= 11 is 0. The van der Waals surface area contributed by atoms with Crippen molar-refractivity contribution in [3.05, 3.63) is 99.0 Å². The average Bonchev–Trinajstić information content (AvgIpc) is 3.25. The molecule has 0 bridgehead atoms. The molecule has 0 saturated heterocycles. The van der Waals surface area contributed by atoms with Crippen LogP contribution in [-0.4, -0.2) is 25.0 Å². The van der Waals surface area contributed by atoms with E-state index in [2.05, 4.69) is 14.9 Å². The molecule has 0 atom stereocenters. The second-order valence-corrected chi connectivity index (χ2v) is 7.82. The van der Waals surface area contributed by atoms with Crippen LogP contribution in [0.5, 0.6) is 0 Å². The second kappa shape index (κ2) is 8.34. The topological polar surface area (TPSA) is 102 Å². The Hall–Kier alpha value is -4.27. The quantitative estimate of drug-likeness (QED) is 0.504. The van der Waals surface area contributed by atoms with E-state index in [1.807, 2.05) is 18.3 Å². The van der Waals surface area contributed by atoms with Crippen LogP contribution in [0.25, 0.3) is 16.9 Å². The van der Waals surface area contributed by atoms with E-state index >= 15 is 0 Å². The van der Waals surface area contributed by atoms with Gasteiger partial charge in [-0.25, -0.2) is 18.7 Å². The van der Waals surface area contributed by atoms with Crippen molar-refractivity contribution in [2.75, 3.05) is 5.32 Å². The molecule has 33 heavy (non-hydrogen) atoms. The minimum Gasteiger partial charge on any atom is -0.334 e. The molecule has 0 saturated carbocycles. The van der Waals surface area contributed by atoms with Gasteiger partial charge in [0.25, 0.3) is 11.5 Å². The number of aryl methyl sites for hydroxylation is 2. The Bertz CT molecular complexity index is 1440. The number of carbonyl (C=O) groups is 1. The van der Waals surface area contributed by atoms with Crippen LogP contribution in [0.1, 0.15) is 29.0 Å². The van der Waals surface area contributed by atoms with Gasteiger partial charge in [0.15, 0.2) is 0 Å². The van der Waals surface area contributed by atoms with Crippen molar-refractivity contribution in [1.82, 2.24) is 19.1 Å². The number of nitrogens with zero attached hydrogens (tertiary/aromatic N) is 3. The Labute approximate surface area is 187 Å². The third-order valence-corrected chi connectivity index (χ3v) is 5.67. The number of hydrogen-bond acceptors (Lipinski definition) is 4. The number of aromatic nitrogens is 4. The molecule has 2 aromatic heterocycles. The number of para-hydroxylation sites is 1. The third kappa shape index (κ3) is 3.89. The predicted octanol–water partition coefficient (Wildman–Crippen LogP) is 3.12. The third-order valence-electron chi connectivity index (χ3n) is 5.67. The highest BCUT2D eigenvalue weighted by molar-refractivity contribution is 6.05. The molecule has 0 fully saturated rings. The van der Waals surface area contributed by atoms with Crippen LogP contribution < -0.4 is 16.6 Å². The highest BCUT2D eigenvalue weighted by atomic mass is 19.1. The maximum absolute atomic E-state index is 13.3. The summed E-state index contributed by atoms with van der Waals surface area (Å²) in [5.74, 6) is -0.168. The normalized spacial score (nSPS) is 12.9. The summed E-state index contributed by atoms with van der Waals surface area (Å²) in [7, 11) is 0. The van der Waals surface area contributed by atoms with Crippen molar-refractivity contribution >= 4 is 11.6 Å². The minimum absolute atomic E-state index is 0.154. The first kappa shape index (κ1) is 20.6. The van der Waals surface area contributed by atoms with Gasteiger partial charge in [0.05, 0.1) is 17.1 Å². The number of nitrogens with one attached hydrogen (secondary N) is 2. The number of fused-ring (bicyclic) bond motifs is 1. The lowest BCUT2D eigenvalue weighted by atomic mass is 10.1. The Balaban J connectivity index is 1.50. The number of benzene rings is 2. The first-order valence-electron chi connectivity index (χ1n) is 10.6. The largest absolute Gasteiger partial charge is 0.334 e. The number of H-pyrrole nitrogens is 1. The first-order chi connectivity index (χ1) is 16.0. The minimum atomic E-state index is -0.808. The van der Waals surface area contributed by atoms with Gasteiger partial charge in [-0.15, -0.1) is 0 Å². The van der Waals surface area contributed by atoms with Gasteiger partial charge in [0.2, 0.25) is 0 Å². The van der Waals surface area contributed by atoms with Crippen LogP contribution in [0.15, 0.2) is 70.5 Å². The lowest BCUT2D eigenvalue weighted by Crippen LogP contribution is -2.38. The Morgan fingerprint density at radius 2 is 1.85 bits per heavy atom. The van der Waals surface area contributed by atoms with Crippen LogP contribution in [0, 0.1) is 5.82 Å². The molecule has 5 rings (SSSR count). The zero-order valence-corrected chi connectivity index (χ0v) is 17.5. The van der Waals surface area contributed by atoms with Gasteiger partial charge in [-0.05, 0) is 43.2 Å². The standard InChI is InChI=1S/C24H20FN5O3/c25-15-8-10-16(11-9-15)30-23(32)18(13-26-24(30)33)22(31)28-19-6-2-1-5-17(19)20-14-29-12-4-3-7-21(29)27-20/h1-2,5-6,8-11,13-14H,3-4,7,12H2,(H,26,33)(H,28,31). The SMILES string of the molecule is O=C(Nc1ccccc1-c1cn2c(n1)CCCC2)c1c[nH]c(=O)n(-c2ccc(F)cc2)c1=O. The molecule has 8 nitrogen and oxygen atoms in total. The number of hydrogen-bond donors (Lipinski definition) is 2. The van der Waals surface area contributed by atoms with Crippen molar-refractivity contribution < 1.29 is 9.18 Å². The number of carbonyl (C=O) groups excluding carboxylic acids is 1. The molecule has 4 aromatic rings. The van der Waals surface area contributed by atoms with Crippen LogP contribution in [-0.2, 0) is 13.0 Å². The van der Waals surface area contributed by atoms with Gasteiger partial charge in [-0.2, -0.15) is 0 Å². The summed E-state index contributed by atoms with van der Waals surface area (Å²) in [4.78, 5) is 45.4. The van der Waals surface area contributed by atoms with Crippen molar-refractivity contribution in [3.8, 4) is 16.9 Å². The lowest BCUT2D eigenvalue weighted by molar-refractivity contribution is 0.102. The highest BCUT2D eigenvalue weighted by Crippen LogP contribution is 2.29. The van der Waals surface area contributed by atoms with Gasteiger partial charge in [0.1, 0.15) is 17.2 Å². The van der Waals surface area contributed by atoms with Crippen LogP contribution in [0.3, 0.4) is 0 Å². The molecule has 2 N–H and O–H groups in total. The molecule has 2 aromatic carbocycles. The van der Waals surface area contributed by atoms with Gasteiger partial charge >= 0.3 is 5.69 Å². The van der Waals surface area contributed by atoms with Crippen LogP contribution in [0.2, 0.25) is 0 Å². The zero-order valence-electron chi connectivity index (χ0n) is 17.5. The molecule has 1 aliphatic rings. The van der Waals surface area contributed by atoms with E-state index in [0.29, 0.717) is 5.69 Å². The van der Waals surface area contributed by atoms with Gasteiger partial charge in [-0.3, -0.25) is 9.59 Å².